The van der Waals surface area contributed by atoms with Gasteiger partial charge in [-0.15, -0.1) is 0 Å². The Balaban J connectivity index is 1.51. The van der Waals surface area contributed by atoms with Crippen molar-refractivity contribution in [1.82, 2.24) is 0 Å². The summed E-state index contributed by atoms with van der Waals surface area (Å²) in [6.45, 7) is 0. The van der Waals surface area contributed by atoms with Crippen LogP contribution in [0.5, 0.6) is 0 Å². The molecule has 0 aliphatic heterocycles. The van der Waals surface area contributed by atoms with Gasteiger partial charge in [-0.1, -0.05) is 109 Å². The molecule has 1 heteroatoms. The van der Waals surface area contributed by atoms with Gasteiger partial charge in [0.25, 0.3) is 0 Å². The van der Waals surface area contributed by atoms with Crippen LogP contribution in [0.2, 0.25) is 0 Å². The van der Waals surface area contributed by atoms with E-state index in [0.29, 0.717) is 0 Å². The van der Waals surface area contributed by atoms with Crippen LogP contribution in [0.4, 0.5) is 11.4 Å². The molecule has 32 heavy (non-hydrogen) atoms. The average molecular weight is 412 g/mol. The van der Waals surface area contributed by atoms with Crippen molar-refractivity contribution in [2.75, 3.05) is 11.9 Å². The molecule has 1 nitrogen and oxygen atoms in total. The van der Waals surface area contributed by atoms with Gasteiger partial charge in [-0.25, -0.2) is 0 Å². The SMILES string of the molecule is CN(c1cccc(-c2cccc(-c3ccccc3)c2)c1)c1ccccc1-c1ccccc1. The highest BCUT2D eigenvalue weighted by Gasteiger charge is 2.11. The van der Waals surface area contributed by atoms with E-state index in [0.717, 1.165) is 5.69 Å². The third-order valence-electron chi connectivity index (χ3n) is 5.89. The van der Waals surface area contributed by atoms with Crippen molar-refractivity contribution in [1.29, 1.82) is 0 Å². The van der Waals surface area contributed by atoms with Crippen LogP contribution in [0.1, 0.15) is 0 Å². The van der Waals surface area contributed by atoms with Gasteiger partial charge in [0.15, 0.2) is 0 Å². The number of nitrogens with zero attached hydrogens (tertiary/aromatic N) is 1. The van der Waals surface area contributed by atoms with Gasteiger partial charge in [-0.3, -0.25) is 0 Å². The maximum atomic E-state index is 2.27. The van der Waals surface area contributed by atoms with E-state index < -0.39 is 0 Å². The fraction of sp³-hybridized carbons (Fsp3) is 0.0323. The number of para-hydroxylation sites is 1. The van der Waals surface area contributed by atoms with Crippen molar-refractivity contribution in [3.8, 4) is 33.4 Å². The molecule has 154 valence electrons. The van der Waals surface area contributed by atoms with Crippen molar-refractivity contribution in [3.05, 3.63) is 133 Å². The molecule has 0 heterocycles. The third kappa shape index (κ3) is 4.06. The Kier molecular flexibility index (Phi) is 5.55. The first-order valence-electron chi connectivity index (χ1n) is 10.9. The van der Waals surface area contributed by atoms with Crippen molar-refractivity contribution in [2.45, 2.75) is 0 Å². The lowest BCUT2D eigenvalue weighted by atomic mass is 9.98. The highest BCUT2D eigenvalue weighted by Crippen LogP contribution is 2.36. The quantitative estimate of drug-likeness (QED) is 0.280. The van der Waals surface area contributed by atoms with Gasteiger partial charge < -0.3 is 4.90 Å². The first-order chi connectivity index (χ1) is 15.8. The van der Waals surface area contributed by atoms with Crippen molar-refractivity contribution < 1.29 is 0 Å². The van der Waals surface area contributed by atoms with Crippen molar-refractivity contribution >= 4 is 11.4 Å². The van der Waals surface area contributed by atoms with Gasteiger partial charge in [0.05, 0.1) is 0 Å². The van der Waals surface area contributed by atoms with E-state index in [1.165, 1.54) is 39.1 Å². The monoisotopic (exact) mass is 411 g/mol. The number of rotatable bonds is 5. The second kappa shape index (κ2) is 8.95. The first-order valence-corrected chi connectivity index (χ1v) is 10.9. The maximum Gasteiger partial charge on any atom is 0.0487 e. The number of hydrogen-bond donors (Lipinski definition) is 0. The predicted molar refractivity (Wildman–Crippen MR) is 137 cm³/mol. The summed E-state index contributed by atoms with van der Waals surface area (Å²) in [5.74, 6) is 0. The Labute approximate surface area is 190 Å². The van der Waals surface area contributed by atoms with Crippen LogP contribution >= 0.6 is 0 Å². The second-order valence-corrected chi connectivity index (χ2v) is 7.94. The molecule has 0 aliphatic rings. The first kappa shape index (κ1) is 19.8. The summed E-state index contributed by atoms with van der Waals surface area (Å²) in [5, 5.41) is 0. The highest BCUT2D eigenvalue weighted by atomic mass is 15.1. The van der Waals surface area contributed by atoms with Crippen LogP contribution in [0.3, 0.4) is 0 Å². The fourth-order valence-electron chi connectivity index (χ4n) is 4.17. The molecule has 5 rings (SSSR count). The second-order valence-electron chi connectivity index (χ2n) is 7.94. The van der Waals surface area contributed by atoms with E-state index in [9.17, 15) is 0 Å². The summed E-state index contributed by atoms with van der Waals surface area (Å²) in [5.41, 5.74) is 9.71. The van der Waals surface area contributed by atoms with E-state index in [1.54, 1.807) is 0 Å². The van der Waals surface area contributed by atoms with Crippen LogP contribution in [-0.2, 0) is 0 Å². The third-order valence-corrected chi connectivity index (χ3v) is 5.89. The summed E-state index contributed by atoms with van der Waals surface area (Å²) in [7, 11) is 2.14. The molecule has 0 aromatic heterocycles. The Morgan fingerprint density at radius 3 is 1.62 bits per heavy atom. The van der Waals surface area contributed by atoms with Crippen LogP contribution in [-0.4, -0.2) is 7.05 Å². The summed E-state index contributed by atoms with van der Waals surface area (Å²) in [6, 6.07) is 47.2. The molecule has 0 bridgehead atoms. The van der Waals surface area contributed by atoms with E-state index in [-0.39, 0.29) is 0 Å². The molecule has 5 aromatic carbocycles. The Morgan fingerprint density at radius 2 is 0.906 bits per heavy atom. The van der Waals surface area contributed by atoms with Crippen LogP contribution in [0, 0.1) is 0 Å². The van der Waals surface area contributed by atoms with E-state index in [4.69, 9.17) is 0 Å². The summed E-state index contributed by atoms with van der Waals surface area (Å²) in [6.07, 6.45) is 0. The number of hydrogen-bond acceptors (Lipinski definition) is 1. The maximum absolute atomic E-state index is 2.27. The molecule has 0 unspecified atom stereocenters. The summed E-state index contributed by atoms with van der Waals surface area (Å²) in [4.78, 5) is 2.27. The molecule has 0 fully saturated rings. The van der Waals surface area contributed by atoms with E-state index in [1.807, 2.05) is 0 Å². The zero-order chi connectivity index (χ0) is 21.8. The molecule has 0 saturated carbocycles. The lowest BCUT2D eigenvalue weighted by molar-refractivity contribution is 1.21. The minimum atomic E-state index is 1.16. The topological polar surface area (TPSA) is 3.24 Å². The smallest absolute Gasteiger partial charge is 0.0487 e. The predicted octanol–water partition coefficient (Wildman–Crippen LogP) is 8.46. The molecule has 5 aromatic rings. The molecular weight excluding hydrogens is 386 g/mol. The summed E-state index contributed by atoms with van der Waals surface area (Å²) >= 11 is 0. The van der Waals surface area contributed by atoms with Gasteiger partial charge >= 0.3 is 0 Å². The number of benzene rings is 5. The van der Waals surface area contributed by atoms with Gasteiger partial charge in [0, 0.05) is 24.0 Å². The molecular formula is C31H25N. The molecule has 0 N–H and O–H groups in total. The lowest BCUT2D eigenvalue weighted by Crippen LogP contribution is -2.10. The molecule has 0 amide bonds. The van der Waals surface area contributed by atoms with E-state index >= 15 is 0 Å². The summed E-state index contributed by atoms with van der Waals surface area (Å²) < 4.78 is 0. The van der Waals surface area contributed by atoms with Crippen molar-refractivity contribution in [2.24, 2.45) is 0 Å². The highest BCUT2D eigenvalue weighted by molar-refractivity contribution is 5.83. The molecule has 0 atom stereocenters. The largest absolute Gasteiger partial charge is 0.344 e. The van der Waals surface area contributed by atoms with Gasteiger partial charge in [0.1, 0.15) is 0 Å². The van der Waals surface area contributed by atoms with Crippen LogP contribution < -0.4 is 4.90 Å². The average Bonchev–Trinajstić information content (AvgIpc) is 2.89. The van der Waals surface area contributed by atoms with E-state index in [2.05, 4.69) is 145 Å². The molecule has 0 radical (unpaired) electrons. The van der Waals surface area contributed by atoms with Gasteiger partial charge in [-0.2, -0.15) is 0 Å². The Morgan fingerprint density at radius 1 is 0.406 bits per heavy atom. The Bertz CT molecular complexity index is 1320. The van der Waals surface area contributed by atoms with Gasteiger partial charge in [0.2, 0.25) is 0 Å². The molecule has 0 saturated heterocycles. The van der Waals surface area contributed by atoms with Crippen LogP contribution in [0.15, 0.2) is 133 Å². The number of anilines is 2. The fourth-order valence-corrected chi connectivity index (χ4v) is 4.17. The lowest BCUT2D eigenvalue weighted by Gasteiger charge is -2.23. The zero-order valence-corrected chi connectivity index (χ0v) is 18.1. The van der Waals surface area contributed by atoms with Crippen molar-refractivity contribution in [3.63, 3.8) is 0 Å². The minimum Gasteiger partial charge on any atom is -0.344 e. The standard InChI is InChI=1S/C31H25N/c1-32(31-21-9-8-20-30(31)25-14-6-3-7-15-25)29-19-11-18-28(23-29)27-17-10-16-26(22-27)24-12-4-2-5-13-24/h2-23H,1H3. The zero-order valence-electron chi connectivity index (χ0n) is 18.1. The van der Waals surface area contributed by atoms with Gasteiger partial charge in [-0.05, 0) is 52.1 Å². The molecule has 0 spiro atoms. The van der Waals surface area contributed by atoms with Crippen LogP contribution in [0.25, 0.3) is 33.4 Å². The molecule has 0 aliphatic carbocycles. The Hall–Kier alpha value is -4.10. The minimum absolute atomic E-state index is 1.16. The normalized spacial score (nSPS) is 10.7.